The Hall–Kier alpha value is -1.01. The van der Waals surface area contributed by atoms with Gasteiger partial charge in [-0.3, -0.25) is 13.9 Å². The van der Waals surface area contributed by atoms with Gasteiger partial charge in [-0.05, 0) is 5.56 Å². The zero-order valence-corrected chi connectivity index (χ0v) is 13.4. The van der Waals surface area contributed by atoms with E-state index in [-0.39, 0.29) is 5.92 Å². The lowest BCUT2D eigenvalue weighted by molar-refractivity contribution is -0.140. The topological polar surface area (TPSA) is 133 Å². The van der Waals surface area contributed by atoms with Crippen LogP contribution in [0.5, 0.6) is 0 Å². The lowest BCUT2D eigenvalue weighted by Gasteiger charge is -2.07. The fourth-order valence-electron chi connectivity index (χ4n) is 1.19. The summed E-state index contributed by atoms with van der Waals surface area (Å²) in [4.78, 5) is 25.9. The van der Waals surface area contributed by atoms with Gasteiger partial charge in [0.1, 0.15) is 0 Å². The lowest BCUT2D eigenvalue weighted by Crippen LogP contribution is -2.25. The molecule has 0 heterocycles. The molecule has 0 bridgehead atoms. The average molecular weight is 339 g/mol. The maximum absolute atomic E-state index is 10.5. The van der Waals surface area contributed by atoms with Crippen LogP contribution in [0.2, 0.25) is 0 Å². The number of hydrogen-bond acceptors (Lipinski definition) is 5. The smallest absolute Gasteiger partial charge is 0.323 e. The van der Waals surface area contributed by atoms with E-state index in [4.69, 9.17) is 14.9 Å². The van der Waals surface area contributed by atoms with Crippen molar-refractivity contribution in [2.75, 3.05) is 6.54 Å². The summed E-state index contributed by atoms with van der Waals surface area (Å²) < 4.78 is 22.3. The molecule has 21 heavy (non-hydrogen) atoms. The molecule has 0 radical (unpaired) electrons. The molecule has 3 unspecified atom stereocenters. The van der Waals surface area contributed by atoms with Crippen LogP contribution >= 0.6 is 16.5 Å². The SMILES string of the molecule is CC(CNCc1ccccc1)C(=O)O.O=[PH](O)O[PH](=O)O. The normalized spacial score (nSPS) is 14.4. The highest BCUT2D eigenvalue weighted by Gasteiger charge is 2.09. The van der Waals surface area contributed by atoms with Crippen molar-refractivity contribution in [3.8, 4) is 0 Å². The van der Waals surface area contributed by atoms with Crippen LogP contribution in [0.3, 0.4) is 0 Å². The van der Waals surface area contributed by atoms with Gasteiger partial charge in [-0.2, -0.15) is 0 Å². The van der Waals surface area contributed by atoms with E-state index in [9.17, 15) is 13.9 Å². The number of rotatable bonds is 7. The van der Waals surface area contributed by atoms with Gasteiger partial charge in [0.15, 0.2) is 0 Å². The summed E-state index contributed by atoms with van der Waals surface area (Å²) in [6, 6.07) is 9.93. The minimum Gasteiger partial charge on any atom is -0.481 e. The molecular formula is C11H19NO7P2. The Kier molecular flexibility index (Phi) is 11.1. The summed E-state index contributed by atoms with van der Waals surface area (Å²) in [6.45, 7) is 2.92. The van der Waals surface area contributed by atoms with Crippen LogP contribution < -0.4 is 5.32 Å². The van der Waals surface area contributed by atoms with E-state index in [1.165, 1.54) is 5.56 Å². The first kappa shape index (κ1) is 20.0. The van der Waals surface area contributed by atoms with Crippen molar-refractivity contribution in [1.29, 1.82) is 0 Å². The molecule has 0 aromatic heterocycles. The first-order valence-electron chi connectivity index (χ1n) is 5.94. The van der Waals surface area contributed by atoms with Crippen LogP contribution in [0.1, 0.15) is 12.5 Å². The lowest BCUT2D eigenvalue weighted by atomic mass is 10.2. The maximum Gasteiger partial charge on any atom is 0.323 e. The van der Waals surface area contributed by atoms with Gasteiger partial charge in [0.05, 0.1) is 5.92 Å². The monoisotopic (exact) mass is 339 g/mol. The Balaban J connectivity index is 0.000000486. The van der Waals surface area contributed by atoms with Crippen molar-refractivity contribution in [1.82, 2.24) is 5.32 Å². The summed E-state index contributed by atoms with van der Waals surface area (Å²) in [5.74, 6) is -1.09. The standard InChI is InChI=1S/C11H15NO2.H4O5P2/c1-9(11(13)14)7-12-8-10-5-3-2-4-6-10;1-6(2)5-7(3)4/h2-6,9,12H,7-8H2,1H3,(H,13,14);6-7H,(H,1,2)(H,3,4). The first-order valence-corrected chi connectivity index (χ1v) is 8.46. The molecule has 1 aromatic rings. The summed E-state index contributed by atoms with van der Waals surface area (Å²) in [7, 11) is -6.40. The number of hydrogen-bond donors (Lipinski definition) is 4. The Morgan fingerprint density at radius 1 is 1.24 bits per heavy atom. The third-order valence-electron chi connectivity index (χ3n) is 2.22. The van der Waals surface area contributed by atoms with Crippen molar-refractivity contribution >= 4 is 22.5 Å². The van der Waals surface area contributed by atoms with Crippen molar-refractivity contribution in [2.24, 2.45) is 5.92 Å². The highest BCUT2D eigenvalue weighted by atomic mass is 31.2. The highest BCUT2D eigenvalue weighted by Crippen LogP contribution is 2.30. The molecule has 10 heteroatoms. The Labute approximate surface area is 123 Å². The molecule has 120 valence electrons. The van der Waals surface area contributed by atoms with Gasteiger partial charge in [-0.1, -0.05) is 37.3 Å². The molecule has 1 rings (SSSR count). The summed E-state index contributed by atoms with van der Waals surface area (Å²) in [5, 5.41) is 11.7. The Morgan fingerprint density at radius 3 is 2.14 bits per heavy atom. The third kappa shape index (κ3) is 12.4. The van der Waals surface area contributed by atoms with Gasteiger partial charge in [0.25, 0.3) is 0 Å². The largest absolute Gasteiger partial charge is 0.481 e. The number of carboxylic acid groups (broad SMARTS) is 1. The molecule has 0 aliphatic rings. The number of carboxylic acids is 1. The molecular weight excluding hydrogens is 320 g/mol. The second kappa shape index (κ2) is 11.6. The van der Waals surface area contributed by atoms with E-state index >= 15 is 0 Å². The predicted molar refractivity (Wildman–Crippen MR) is 78.5 cm³/mol. The van der Waals surface area contributed by atoms with E-state index in [2.05, 4.69) is 9.63 Å². The zero-order valence-electron chi connectivity index (χ0n) is 11.4. The second-order valence-corrected chi connectivity index (χ2v) is 5.87. The predicted octanol–water partition coefficient (Wildman–Crippen LogP) is 1.26. The summed E-state index contributed by atoms with van der Waals surface area (Å²) in [6.07, 6.45) is 0. The Morgan fingerprint density at radius 2 is 1.76 bits per heavy atom. The van der Waals surface area contributed by atoms with E-state index in [1.54, 1.807) is 6.92 Å². The van der Waals surface area contributed by atoms with Crippen LogP contribution in [0.4, 0.5) is 0 Å². The fourth-order valence-corrected chi connectivity index (χ4v) is 1.79. The number of aliphatic carboxylic acids is 1. The summed E-state index contributed by atoms with van der Waals surface area (Å²) >= 11 is 0. The number of benzene rings is 1. The van der Waals surface area contributed by atoms with E-state index in [0.717, 1.165) is 6.54 Å². The Bertz CT molecular complexity index is 457. The first-order chi connectivity index (χ1) is 9.82. The molecule has 0 amide bonds. The van der Waals surface area contributed by atoms with Gasteiger partial charge < -0.3 is 20.2 Å². The number of nitrogens with one attached hydrogen (secondary N) is 1. The van der Waals surface area contributed by atoms with Crippen LogP contribution in [0, 0.1) is 5.92 Å². The van der Waals surface area contributed by atoms with Gasteiger partial charge >= 0.3 is 22.5 Å². The van der Waals surface area contributed by atoms with Crippen molar-refractivity contribution in [3.05, 3.63) is 35.9 Å². The van der Waals surface area contributed by atoms with Gasteiger partial charge in [0.2, 0.25) is 0 Å². The van der Waals surface area contributed by atoms with Crippen molar-refractivity contribution < 1.29 is 33.1 Å². The van der Waals surface area contributed by atoms with E-state index in [0.29, 0.717) is 6.54 Å². The zero-order chi connectivity index (χ0) is 16.3. The van der Waals surface area contributed by atoms with Crippen LogP contribution in [0.15, 0.2) is 30.3 Å². The van der Waals surface area contributed by atoms with Crippen molar-refractivity contribution in [3.63, 3.8) is 0 Å². The van der Waals surface area contributed by atoms with Crippen molar-refractivity contribution in [2.45, 2.75) is 13.5 Å². The minimum atomic E-state index is -3.20. The molecule has 0 spiro atoms. The van der Waals surface area contributed by atoms with E-state index in [1.807, 2.05) is 30.3 Å². The van der Waals surface area contributed by atoms with Crippen LogP contribution in [-0.4, -0.2) is 27.4 Å². The van der Waals surface area contributed by atoms with Crippen LogP contribution in [-0.2, 0) is 24.8 Å². The highest BCUT2D eigenvalue weighted by molar-refractivity contribution is 7.46. The molecule has 0 aliphatic carbocycles. The van der Waals surface area contributed by atoms with Gasteiger partial charge in [-0.25, -0.2) is 4.31 Å². The van der Waals surface area contributed by atoms with Crippen LogP contribution in [0.25, 0.3) is 0 Å². The fraction of sp³-hybridized carbons (Fsp3) is 0.364. The molecule has 1 aromatic carbocycles. The summed E-state index contributed by atoms with van der Waals surface area (Å²) in [5.41, 5.74) is 1.17. The quantitative estimate of drug-likeness (QED) is 0.546. The van der Waals surface area contributed by atoms with E-state index < -0.39 is 22.5 Å². The molecule has 0 saturated heterocycles. The molecule has 3 atom stereocenters. The molecule has 0 saturated carbocycles. The number of carbonyl (C=O) groups is 1. The third-order valence-corrected chi connectivity index (χ3v) is 3.62. The second-order valence-electron chi connectivity index (χ2n) is 3.99. The van der Waals surface area contributed by atoms with Gasteiger partial charge in [0, 0.05) is 13.1 Å². The molecule has 8 nitrogen and oxygen atoms in total. The molecule has 4 N–H and O–H groups in total. The molecule has 0 fully saturated rings. The average Bonchev–Trinajstić information content (AvgIpc) is 2.38. The van der Waals surface area contributed by atoms with Gasteiger partial charge in [-0.15, -0.1) is 0 Å². The maximum atomic E-state index is 10.5. The molecule has 0 aliphatic heterocycles. The minimum absolute atomic E-state index is 0.335.